The summed E-state index contributed by atoms with van der Waals surface area (Å²) in [7, 11) is 8.12. The van der Waals surface area contributed by atoms with Gasteiger partial charge < -0.3 is 40.0 Å². The van der Waals surface area contributed by atoms with Crippen molar-refractivity contribution in [1.82, 2.24) is 29.7 Å². The smallest absolute Gasteiger partial charge is 0.260 e. The van der Waals surface area contributed by atoms with E-state index < -0.39 is 23.6 Å². The number of amides is 3. The van der Waals surface area contributed by atoms with Gasteiger partial charge in [0.05, 0.1) is 48.5 Å². The van der Waals surface area contributed by atoms with Crippen LogP contribution in [0.1, 0.15) is 5.56 Å². The molecule has 2 aromatic carbocycles. The Morgan fingerprint density at radius 3 is 2.29 bits per heavy atom. The van der Waals surface area contributed by atoms with Gasteiger partial charge in [-0.25, -0.2) is 4.98 Å². The predicted octanol–water partition coefficient (Wildman–Crippen LogP) is 3.83. The summed E-state index contributed by atoms with van der Waals surface area (Å²) in [6, 6.07) is 9.17. The predicted molar refractivity (Wildman–Crippen MR) is 212 cm³/mol. The number of hydrogen-bond acceptors (Lipinski definition) is 11. The lowest BCUT2D eigenvalue weighted by Crippen LogP contribution is -2.45. The van der Waals surface area contributed by atoms with Crippen LogP contribution in [0.25, 0.3) is 22.2 Å². The molecule has 0 radical (unpaired) electrons. The van der Waals surface area contributed by atoms with Crippen LogP contribution < -0.4 is 31.0 Å². The third kappa shape index (κ3) is 9.61. The van der Waals surface area contributed by atoms with Gasteiger partial charge in [-0.3, -0.25) is 23.7 Å². The van der Waals surface area contributed by atoms with Crippen LogP contribution in [0.2, 0.25) is 10.0 Å². The summed E-state index contributed by atoms with van der Waals surface area (Å²) in [4.78, 5) is 64.9. The fourth-order valence-corrected chi connectivity index (χ4v) is 6.73. The van der Waals surface area contributed by atoms with Crippen molar-refractivity contribution in [3.63, 3.8) is 0 Å². The van der Waals surface area contributed by atoms with Gasteiger partial charge in [0.2, 0.25) is 23.7 Å². The minimum atomic E-state index is -0.509. The molecule has 0 aliphatic carbocycles. The maximum Gasteiger partial charge on any atom is 0.260 e. The molecule has 3 N–H and O–H groups in total. The Balaban J connectivity index is 1.57. The highest BCUT2D eigenvalue weighted by molar-refractivity contribution is 6.41. The molecule has 3 amide bonds. The molecule has 1 fully saturated rings. The topological polar surface area (TPSA) is 169 Å². The number of hydrogen-bond donors (Lipinski definition) is 3. The van der Waals surface area contributed by atoms with Crippen molar-refractivity contribution < 1.29 is 28.6 Å². The first kappa shape index (κ1) is 40.7. The van der Waals surface area contributed by atoms with Crippen LogP contribution in [-0.2, 0) is 25.7 Å². The number of likely N-dealkylation sites (tertiary alicyclic amines) is 1. The molecule has 17 heteroatoms. The Labute approximate surface area is 327 Å². The molecular weight excluding hydrogens is 751 g/mol. The highest BCUT2D eigenvalue weighted by Crippen LogP contribution is 2.45. The number of halogens is 2. The van der Waals surface area contributed by atoms with Crippen LogP contribution >= 0.6 is 23.2 Å². The van der Waals surface area contributed by atoms with E-state index in [-0.39, 0.29) is 82.3 Å². The van der Waals surface area contributed by atoms with Gasteiger partial charge in [0.25, 0.3) is 5.56 Å². The van der Waals surface area contributed by atoms with E-state index in [0.717, 1.165) is 6.08 Å². The van der Waals surface area contributed by atoms with E-state index >= 15 is 0 Å². The van der Waals surface area contributed by atoms with Gasteiger partial charge in [0, 0.05) is 61.7 Å². The molecule has 0 saturated carbocycles. The van der Waals surface area contributed by atoms with Crippen molar-refractivity contribution in [2.24, 2.45) is 0 Å². The molecular formula is C38H42Cl2N8O7. The highest BCUT2D eigenvalue weighted by Gasteiger charge is 2.36. The summed E-state index contributed by atoms with van der Waals surface area (Å²) in [6.45, 7) is 4.52. The summed E-state index contributed by atoms with van der Waals surface area (Å²) < 4.78 is 17.4. The third-order valence-electron chi connectivity index (χ3n) is 8.74. The lowest BCUT2D eigenvalue weighted by molar-refractivity contribution is -0.134. The van der Waals surface area contributed by atoms with Gasteiger partial charge in [-0.05, 0) is 43.9 Å². The van der Waals surface area contributed by atoms with Crippen LogP contribution in [-0.4, -0.2) is 116 Å². The molecule has 2 aromatic heterocycles. The van der Waals surface area contributed by atoms with E-state index in [1.165, 1.54) is 38.0 Å². The summed E-state index contributed by atoms with van der Waals surface area (Å²) in [5.74, 6) is -0.275. The van der Waals surface area contributed by atoms with Crippen molar-refractivity contribution in [2.45, 2.75) is 18.6 Å². The van der Waals surface area contributed by atoms with E-state index in [1.807, 2.05) is 19.0 Å². The molecule has 290 valence electrons. The Bertz CT molecular complexity index is 2150. The quantitative estimate of drug-likeness (QED) is 0.150. The summed E-state index contributed by atoms with van der Waals surface area (Å²) >= 11 is 13.6. The standard InChI is InChI=1S/C38H42Cl2N8O7/c1-7-30(49)43-26-19-47(32(51)21-53-4)20-27(26)44-38-41-17-23-15-25(33-34(39)28(54-5)16-29(55-6)35(33)40)37(52)48(36(23)45-38)18-22-10-12-24(13-11-22)42-31(50)9-8-14-46(2)3/h7-13,15-17,26-27H,1,14,18-21H2,2-6H3,(H,42,50)(H,43,49)(H,41,44,45)/b9-8+. The number of aromatic nitrogens is 3. The average Bonchev–Trinajstić information content (AvgIpc) is 3.55. The summed E-state index contributed by atoms with van der Waals surface area (Å²) in [5.41, 5.74) is 1.42. The number of methoxy groups -OCH3 is 3. The van der Waals surface area contributed by atoms with Gasteiger partial charge in [-0.1, -0.05) is 48.0 Å². The zero-order valence-corrected chi connectivity index (χ0v) is 32.5. The molecule has 0 bridgehead atoms. The molecule has 15 nitrogen and oxygen atoms in total. The number of nitrogens with zero attached hydrogens (tertiary/aromatic N) is 5. The van der Waals surface area contributed by atoms with Crippen molar-refractivity contribution in [3.05, 3.63) is 93.4 Å². The number of carbonyl (C=O) groups is 3. The Morgan fingerprint density at radius 1 is 1.00 bits per heavy atom. The Morgan fingerprint density at radius 2 is 1.67 bits per heavy atom. The van der Waals surface area contributed by atoms with Crippen LogP contribution in [0.4, 0.5) is 11.6 Å². The molecule has 2 atom stereocenters. The second-order valence-electron chi connectivity index (χ2n) is 12.9. The molecule has 5 rings (SSSR count). The first-order valence-electron chi connectivity index (χ1n) is 17.1. The minimum absolute atomic E-state index is 0.0493. The zero-order chi connectivity index (χ0) is 39.8. The second-order valence-corrected chi connectivity index (χ2v) is 13.6. The number of pyridine rings is 1. The Kier molecular flexibility index (Phi) is 13.5. The van der Waals surface area contributed by atoms with E-state index in [9.17, 15) is 19.2 Å². The fourth-order valence-electron chi connectivity index (χ4n) is 6.03. The molecule has 1 aliphatic rings. The molecule has 55 heavy (non-hydrogen) atoms. The van der Waals surface area contributed by atoms with E-state index in [2.05, 4.69) is 27.5 Å². The normalized spacial score (nSPS) is 15.4. The maximum absolute atomic E-state index is 14.6. The number of benzene rings is 2. The molecule has 3 heterocycles. The van der Waals surface area contributed by atoms with Crippen molar-refractivity contribution in [2.75, 3.05) is 72.3 Å². The van der Waals surface area contributed by atoms with E-state index in [0.29, 0.717) is 23.2 Å². The average molecular weight is 794 g/mol. The number of anilines is 2. The molecule has 4 aromatic rings. The number of fused-ring (bicyclic) bond motifs is 1. The van der Waals surface area contributed by atoms with Gasteiger partial charge in [-0.15, -0.1) is 0 Å². The van der Waals surface area contributed by atoms with Crippen molar-refractivity contribution >= 4 is 63.6 Å². The van der Waals surface area contributed by atoms with Crippen LogP contribution in [0, 0.1) is 0 Å². The second kappa shape index (κ2) is 18.2. The SMILES string of the molecule is C=CC(=O)NC1CN(C(=O)COC)CC1Nc1ncc2cc(-c3c(Cl)c(OC)cc(OC)c3Cl)c(=O)n(Cc3ccc(NC(=O)/C=C/CN(C)C)cc3)c2n1. The summed E-state index contributed by atoms with van der Waals surface area (Å²) in [5, 5.41) is 9.63. The molecule has 0 spiro atoms. The monoisotopic (exact) mass is 792 g/mol. The van der Waals surface area contributed by atoms with Crippen LogP contribution in [0.3, 0.4) is 0 Å². The lowest BCUT2D eigenvalue weighted by Gasteiger charge is -2.21. The van der Waals surface area contributed by atoms with Gasteiger partial charge in [0.1, 0.15) is 23.8 Å². The number of likely N-dealkylation sites (N-methyl/N-ethyl adjacent to an activating group) is 1. The number of nitrogens with one attached hydrogen (secondary N) is 3. The first-order chi connectivity index (χ1) is 26.4. The Hall–Kier alpha value is -5.48. The van der Waals surface area contributed by atoms with E-state index in [1.54, 1.807) is 47.5 Å². The van der Waals surface area contributed by atoms with Gasteiger partial charge >= 0.3 is 0 Å². The number of carbonyl (C=O) groups excluding carboxylic acids is 3. The number of rotatable bonds is 15. The van der Waals surface area contributed by atoms with Crippen molar-refractivity contribution in [3.8, 4) is 22.6 Å². The zero-order valence-electron chi connectivity index (χ0n) is 31.0. The van der Waals surface area contributed by atoms with Crippen molar-refractivity contribution in [1.29, 1.82) is 0 Å². The first-order valence-corrected chi connectivity index (χ1v) is 17.8. The maximum atomic E-state index is 14.6. The van der Waals surface area contributed by atoms with Gasteiger partial charge in [0.15, 0.2) is 0 Å². The lowest BCUT2D eigenvalue weighted by atomic mass is 10.0. The third-order valence-corrected chi connectivity index (χ3v) is 9.49. The molecule has 1 aliphatic heterocycles. The van der Waals surface area contributed by atoms with Crippen LogP contribution in [0.15, 0.2) is 72.2 Å². The largest absolute Gasteiger partial charge is 0.495 e. The highest BCUT2D eigenvalue weighted by atomic mass is 35.5. The minimum Gasteiger partial charge on any atom is -0.495 e. The molecule has 2 unspecified atom stereocenters. The number of ether oxygens (including phenoxy) is 3. The van der Waals surface area contributed by atoms with Crippen LogP contribution in [0.5, 0.6) is 11.5 Å². The van der Waals surface area contributed by atoms with Gasteiger partial charge in [-0.2, -0.15) is 4.98 Å². The molecule has 1 saturated heterocycles. The fraction of sp³-hybridized carbons (Fsp3) is 0.316. The summed E-state index contributed by atoms with van der Waals surface area (Å²) in [6.07, 6.45) is 5.93. The van der Waals surface area contributed by atoms with E-state index in [4.69, 9.17) is 42.4 Å².